The van der Waals surface area contributed by atoms with Crippen LogP contribution in [0.4, 0.5) is 0 Å². The van der Waals surface area contributed by atoms with Crippen molar-refractivity contribution in [3.8, 4) is 0 Å². The summed E-state index contributed by atoms with van der Waals surface area (Å²) in [6.45, 7) is 8.14. The van der Waals surface area contributed by atoms with E-state index in [1.807, 2.05) is 76.2 Å². The molecule has 0 aromatic heterocycles. The molecule has 0 bridgehead atoms. The molecule has 144 valence electrons. The van der Waals surface area contributed by atoms with Crippen molar-refractivity contribution in [2.75, 3.05) is 0 Å². The zero-order chi connectivity index (χ0) is 19.8. The van der Waals surface area contributed by atoms with Crippen molar-refractivity contribution in [1.29, 1.82) is 0 Å². The first-order valence-electron chi connectivity index (χ1n) is 8.94. The summed E-state index contributed by atoms with van der Waals surface area (Å²) < 4.78 is 40.3. The van der Waals surface area contributed by atoms with Gasteiger partial charge in [-0.1, -0.05) is 60.7 Å². The zero-order valence-corrected chi connectivity index (χ0v) is 16.6. The Morgan fingerprint density at radius 2 is 1.30 bits per heavy atom. The van der Waals surface area contributed by atoms with Crippen LogP contribution in [0.2, 0.25) is 0 Å². The van der Waals surface area contributed by atoms with Crippen LogP contribution >= 0.6 is 0 Å². The Balaban J connectivity index is 2.22. The molecule has 6 heteroatoms. The van der Waals surface area contributed by atoms with Crippen LogP contribution in [-0.4, -0.2) is 17.0 Å². The number of rotatable bonds is 7. The zero-order valence-electron chi connectivity index (χ0n) is 15.9. The standard InChI is InChI=1S/C21H24ClNO4/c1-15(2)23(16(3)4)20-19(17-11-7-5-8-12-17)21(20,27-22(24,25)26)18-13-9-6-10-14-18/h5-16H,1-4H3. The van der Waals surface area contributed by atoms with Gasteiger partial charge in [-0.15, -0.1) is 0 Å². The van der Waals surface area contributed by atoms with Gasteiger partial charge in [-0.25, -0.2) is 0 Å². The van der Waals surface area contributed by atoms with Gasteiger partial charge in [0.25, 0.3) is 0 Å². The van der Waals surface area contributed by atoms with Gasteiger partial charge in [-0.05, 0) is 33.3 Å². The SMILES string of the molecule is CC(C)N(C1=C(c2ccccc2)C1(O[Cl+3]([O-])([O-])[O-])c1ccccc1)C(C)C. The molecule has 0 fully saturated rings. The maximum absolute atomic E-state index is 11.7. The summed E-state index contributed by atoms with van der Waals surface area (Å²) in [5, 5.41) is 0. The third kappa shape index (κ3) is 3.74. The molecular weight excluding hydrogens is 366 g/mol. The number of halogens is 1. The third-order valence-electron chi connectivity index (χ3n) is 4.68. The molecule has 0 spiro atoms. The van der Waals surface area contributed by atoms with E-state index in [4.69, 9.17) is 4.29 Å². The highest BCUT2D eigenvalue weighted by atomic mass is 35.7. The van der Waals surface area contributed by atoms with E-state index in [0.29, 0.717) is 11.1 Å². The van der Waals surface area contributed by atoms with Crippen molar-refractivity contribution in [2.45, 2.75) is 45.4 Å². The summed E-state index contributed by atoms with van der Waals surface area (Å²) in [5.74, 6) is 0. The second kappa shape index (κ2) is 7.26. The molecular formula is C21H24ClNO4. The molecule has 0 radical (unpaired) electrons. The van der Waals surface area contributed by atoms with Gasteiger partial charge in [0.05, 0.1) is 20.2 Å². The molecule has 0 saturated carbocycles. The van der Waals surface area contributed by atoms with Gasteiger partial charge >= 0.3 is 5.60 Å². The van der Waals surface area contributed by atoms with Crippen LogP contribution < -0.4 is 14.0 Å². The molecule has 0 N–H and O–H groups in total. The van der Waals surface area contributed by atoms with Crippen LogP contribution in [0.25, 0.3) is 5.57 Å². The van der Waals surface area contributed by atoms with Crippen molar-refractivity contribution >= 4 is 5.57 Å². The van der Waals surface area contributed by atoms with Crippen molar-refractivity contribution in [2.24, 2.45) is 0 Å². The highest BCUT2D eigenvalue weighted by Gasteiger charge is 2.70. The smallest absolute Gasteiger partial charge is 0.315 e. The van der Waals surface area contributed by atoms with Crippen LogP contribution in [0.3, 0.4) is 0 Å². The van der Waals surface area contributed by atoms with E-state index in [0.717, 1.165) is 11.3 Å². The van der Waals surface area contributed by atoms with Crippen molar-refractivity contribution < 1.29 is 28.5 Å². The van der Waals surface area contributed by atoms with Gasteiger partial charge in [-0.3, -0.25) is 0 Å². The van der Waals surface area contributed by atoms with Gasteiger partial charge in [0.2, 0.25) is 0 Å². The predicted molar refractivity (Wildman–Crippen MR) is 94.7 cm³/mol. The molecule has 1 atom stereocenters. The maximum atomic E-state index is 11.7. The second-order valence-corrected chi connectivity index (χ2v) is 8.10. The van der Waals surface area contributed by atoms with E-state index in [9.17, 15) is 14.0 Å². The Bertz CT molecular complexity index is 807. The van der Waals surface area contributed by atoms with Crippen molar-refractivity contribution in [3.05, 3.63) is 77.5 Å². The minimum atomic E-state index is -4.64. The van der Waals surface area contributed by atoms with Gasteiger partial charge in [0.1, 0.15) is 0 Å². The van der Waals surface area contributed by atoms with Gasteiger partial charge in [0, 0.05) is 23.2 Å². The minimum absolute atomic E-state index is 0.0962. The first-order valence-corrected chi connectivity index (χ1v) is 10.2. The maximum Gasteiger partial charge on any atom is 0.315 e. The lowest BCUT2D eigenvalue weighted by Crippen LogP contribution is -2.63. The number of benzene rings is 2. The molecule has 1 unspecified atom stereocenters. The number of hydrogen-bond acceptors (Lipinski definition) is 5. The molecule has 0 saturated heterocycles. The van der Waals surface area contributed by atoms with Crippen LogP contribution in [0.1, 0.15) is 38.8 Å². The molecule has 1 aliphatic rings. The van der Waals surface area contributed by atoms with Gasteiger partial charge in [0.15, 0.2) is 0 Å². The lowest BCUT2D eigenvalue weighted by Gasteiger charge is -2.33. The summed E-state index contributed by atoms with van der Waals surface area (Å²) in [6, 6.07) is 18.7. The summed E-state index contributed by atoms with van der Waals surface area (Å²) in [4.78, 5) is 2.11. The molecule has 2 aromatic rings. The Hall–Kier alpha value is -1.89. The van der Waals surface area contributed by atoms with Crippen molar-refractivity contribution in [1.82, 2.24) is 4.90 Å². The first kappa shape index (κ1) is 19.9. The van der Waals surface area contributed by atoms with Gasteiger partial charge < -0.3 is 4.90 Å². The number of hydrogen-bond donors (Lipinski definition) is 0. The highest BCUT2D eigenvalue weighted by Crippen LogP contribution is 2.63. The number of nitrogens with zero attached hydrogens (tertiary/aromatic N) is 1. The Morgan fingerprint density at radius 3 is 1.74 bits per heavy atom. The van der Waals surface area contributed by atoms with E-state index >= 15 is 0 Å². The first-order chi connectivity index (χ1) is 12.7. The van der Waals surface area contributed by atoms with E-state index in [2.05, 4.69) is 4.90 Å². The average molecular weight is 390 g/mol. The summed E-state index contributed by atoms with van der Waals surface area (Å²) in [7, 11) is -4.64. The molecule has 3 rings (SSSR count). The van der Waals surface area contributed by atoms with E-state index in [1.165, 1.54) is 0 Å². The fraction of sp³-hybridized carbons (Fsp3) is 0.333. The summed E-state index contributed by atoms with van der Waals surface area (Å²) >= 11 is 0. The van der Waals surface area contributed by atoms with Crippen LogP contribution in [0.5, 0.6) is 0 Å². The fourth-order valence-corrected chi connectivity index (χ4v) is 4.36. The average Bonchev–Trinajstić information content (AvgIpc) is 3.22. The second-order valence-electron chi connectivity index (χ2n) is 7.19. The highest BCUT2D eigenvalue weighted by molar-refractivity contribution is 5.93. The third-order valence-corrected chi connectivity index (χ3v) is 5.10. The minimum Gasteiger partial charge on any atom is -0.366 e. The monoisotopic (exact) mass is 389 g/mol. The van der Waals surface area contributed by atoms with Crippen LogP contribution in [0.15, 0.2) is 66.4 Å². The molecule has 0 aliphatic heterocycles. The molecule has 1 aliphatic carbocycles. The molecule has 0 heterocycles. The predicted octanol–water partition coefficient (Wildman–Crippen LogP) is 1.34. The lowest BCUT2D eigenvalue weighted by atomic mass is 9.99. The molecule has 2 aromatic carbocycles. The Morgan fingerprint density at radius 1 is 0.815 bits per heavy atom. The van der Waals surface area contributed by atoms with Crippen LogP contribution in [-0.2, 0) is 9.89 Å². The molecule has 27 heavy (non-hydrogen) atoms. The summed E-state index contributed by atoms with van der Waals surface area (Å²) in [6.07, 6.45) is 0. The van der Waals surface area contributed by atoms with E-state index in [1.54, 1.807) is 12.1 Å². The summed E-state index contributed by atoms with van der Waals surface area (Å²) in [5.41, 5.74) is 1.48. The fourth-order valence-electron chi connectivity index (χ4n) is 3.84. The van der Waals surface area contributed by atoms with Crippen LogP contribution in [0, 0.1) is 10.2 Å². The van der Waals surface area contributed by atoms with E-state index < -0.39 is 15.8 Å². The quantitative estimate of drug-likeness (QED) is 0.713. The normalized spacial score (nSPS) is 19.7. The van der Waals surface area contributed by atoms with Crippen molar-refractivity contribution in [3.63, 3.8) is 0 Å². The topological polar surface area (TPSA) is 81.7 Å². The molecule has 5 nitrogen and oxygen atoms in total. The Labute approximate surface area is 162 Å². The largest absolute Gasteiger partial charge is 0.366 e. The molecule has 0 amide bonds. The van der Waals surface area contributed by atoms with Gasteiger partial charge in [-0.2, -0.15) is 14.0 Å². The lowest BCUT2D eigenvalue weighted by molar-refractivity contribution is -1.92. The Kier molecular flexibility index (Phi) is 5.34. The van der Waals surface area contributed by atoms with E-state index in [-0.39, 0.29) is 12.1 Å².